The van der Waals surface area contributed by atoms with Gasteiger partial charge in [-0.25, -0.2) is 0 Å². The largest absolute Gasteiger partial charge is 0.388 e. The zero-order chi connectivity index (χ0) is 11.3. The van der Waals surface area contributed by atoms with Gasteiger partial charge in [-0.2, -0.15) is 0 Å². The maximum absolute atomic E-state index is 10.4. The highest BCUT2D eigenvalue weighted by molar-refractivity contribution is 9.11. The summed E-state index contributed by atoms with van der Waals surface area (Å²) in [5.74, 6) is 0. The molecule has 0 unspecified atom stereocenters. The van der Waals surface area contributed by atoms with Crippen LogP contribution in [0, 0.1) is 10.1 Å². The number of nitrogens with zero attached hydrogens (tertiary/aromatic N) is 1. The third kappa shape index (κ3) is 3.45. The van der Waals surface area contributed by atoms with Gasteiger partial charge in [0.2, 0.25) is 0 Å². The predicted octanol–water partition coefficient (Wildman–Crippen LogP) is 2.93. The Bertz CT molecular complexity index is 361. The van der Waals surface area contributed by atoms with Gasteiger partial charge in [0.05, 0.1) is 11.0 Å². The second-order valence-corrected chi connectivity index (χ2v) is 3.49. The molecule has 15 heavy (non-hydrogen) atoms. The van der Waals surface area contributed by atoms with Crippen molar-refractivity contribution in [3.63, 3.8) is 0 Å². The molecule has 0 aliphatic heterocycles. The lowest BCUT2D eigenvalue weighted by atomic mass is 10.1. The highest BCUT2D eigenvalue weighted by Crippen LogP contribution is 2.20. The van der Waals surface area contributed by atoms with E-state index >= 15 is 0 Å². The fraction of sp³-hybridized carbons (Fsp3) is 0.200. The number of benzene rings is 1. The Labute approximate surface area is 95.5 Å². The summed E-state index contributed by atoms with van der Waals surface area (Å²) in [6.07, 6.45) is 1.62. The van der Waals surface area contributed by atoms with E-state index in [1.165, 1.54) is 12.1 Å². The third-order valence-corrected chi connectivity index (χ3v) is 2.31. The molecule has 0 spiro atoms. The van der Waals surface area contributed by atoms with Crippen LogP contribution in [0.1, 0.15) is 18.1 Å². The van der Waals surface area contributed by atoms with Gasteiger partial charge in [0.15, 0.2) is 0 Å². The van der Waals surface area contributed by atoms with Crippen LogP contribution in [0.15, 0.2) is 35.3 Å². The Balaban J connectivity index is 2.75. The van der Waals surface area contributed by atoms with E-state index in [0.717, 1.165) is 0 Å². The van der Waals surface area contributed by atoms with E-state index in [1.807, 2.05) is 0 Å². The SMILES string of the molecule is O=[N+]([O-])c1ccc([C@@H](O)C/C=C\Br)cc1. The van der Waals surface area contributed by atoms with E-state index in [9.17, 15) is 15.2 Å². The molecule has 80 valence electrons. The van der Waals surface area contributed by atoms with Gasteiger partial charge in [0.25, 0.3) is 5.69 Å². The first-order chi connectivity index (χ1) is 7.15. The smallest absolute Gasteiger partial charge is 0.269 e. The molecule has 1 aromatic rings. The number of non-ortho nitro benzene ring substituents is 1. The Hall–Kier alpha value is -1.20. The first kappa shape index (κ1) is 11.9. The third-order valence-electron chi connectivity index (χ3n) is 1.94. The van der Waals surface area contributed by atoms with Gasteiger partial charge in [-0.15, -0.1) is 0 Å². The van der Waals surface area contributed by atoms with Crippen LogP contribution in [-0.4, -0.2) is 10.0 Å². The van der Waals surface area contributed by atoms with Crippen molar-refractivity contribution < 1.29 is 10.0 Å². The van der Waals surface area contributed by atoms with E-state index in [1.54, 1.807) is 23.2 Å². The van der Waals surface area contributed by atoms with Crippen molar-refractivity contribution in [1.29, 1.82) is 0 Å². The average molecular weight is 272 g/mol. The lowest BCUT2D eigenvalue weighted by molar-refractivity contribution is -0.384. The van der Waals surface area contributed by atoms with Gasteiger partial charge in [0, 0.05) is 12.1 Å². The Morgan fingerprint density at radius 2 is 2.07 bits per heavy atom. The highest BCUT2D eigenvalue weighted by atomic mass is 79.9. The van der Waals surface area contributed by atoms with E-state index in [0.29, 0.717) is 12.0 Å². The minimum Gasteiger partial charge on any atom is -0.388 e. The van der Waals surface area contributed by atoms with Crippen molar-refractivity contribution in [2.75, 3.05) is 0 Å². The van der Waals surface area contributed by atoms with Crippen LogP contribution >= 0.6 is 15.9 Å². The molecular weight excluding hydrogens is 262 g/mol. The molecule has 0 radical (unpaired) electrons. The maximum atomic E-state index is 10.4. The van der Waals surface area contributed by atoms with Crippen LogP contribution in [-0.2, 0) is 0 Å². The summed E-state index contributed by atoms with van der Waals surface area (Å²) in [7, 11) is 0. The predicted molar refractivity (Wildman–Crippen MR) is 60.7 cm³/mol. The first-order valence-corrected chi connectivity index (χ1v) is 5.24. The molecule has 0 fully saturated rings. The van der Waals surface area contributed by atoms with Gasteiger partial charge in [-0.3, -0.25) is 10.1 Å². The number of halogens is 1. The Morgan fingerprint density at radius 3 is 2.53 bits per heavy atom. The van der Waals surface area contributed by atoms with Crippen molar-refractivity contribution >= 4 is 21.6 Å². The van der Waals surface area contributed by atoms with Crippen LogP contribution in [0.3, 0.4) is 0 Å². The number of hydrogen-bond acceptors (Lipinski definition) is 3. The van der Waals surface area contributed by atoms with Crippen molar-refractivity contribution in [1.82, 2.24) is 0 Å². The number of aliphatic hydroxyl groups excluding tert-OH is 1. The minimum absolute atomic E-state index is 0.0296. The molecule has 4 nitrogen and oxygen atoms in total. The topological polar surface area (TPSA) is 63.4 Å². The minimum atomic E-state index is -0.625. The monoisotopic (exact) mass is 271 g/mol. The van der Waals surface area contributed by atoms with Gasteiger partial charge in [-0.05, 0) is 29.1 Å². The first-order valence-electron chi connectivity index (χ1n) is 4.33. The van der Waals surface area contributed by atoms with Crippen LogP contribution in [0.25, 0.3) is 0 Å². The average Bonchev–Trinajstić information content (AvgIpc) is 2.26. The fourth-order valence-corrected chi connectivity index (χ4v) is 1.35. The van der Waals surface area contributed by atoms with Gasteiger partial charge >= 0.3 is 0 Å². The summed E-state index contributed by atoms with van der Waals surface area (Å²) in [6.45, 7) is 0. The molecular formula is C10H10BrNO3. The number of hydrogen-bond donors (Lipinski definition) is 1. The normalized spacial score (nSPS) is 12.9. The molecule has 5 heteroatoms. The van der Waals surface area contributed by atoms with Crippen LogP contribution in [0.2, 0.25) is 0 Å². The number of rotatable bonds is 4. The quantitative estimate of drug-likeness (QED) is 0.677. The number of aliphatic hydroxyl groups is 1. The second-order valence-electron chi connectivity index (χ2n) is 2.96. The zero-order valence-electron chi connectivity index (χ0n) is 7.84. The summed E-state index contributed by atoms with van der Waals surface area (Å²) in [6, 6.07) is 5.89. The van der Waals surface area contributed by atoms with Crippen molar-refractivity contribution in [2.45, 2.75) is 12.5 Å². The van der Waals surface area contributed by atoms with Crippen LogP contribution < -0.4 is 0 Å². The molecule has 0 heterocycles. The summed E-state index contributed by atoms with van der Waals surface area (Å²) in [4.78, 5) is 11.6. The Kier molecular flexibility index (Phi) is 4.45. The summed E-state index contributed by atoms with van der Waals surface area (Å²) >= 11 is 3.10. The molecule has 0 aromatic heterocycles. The van der Waals surface area contributed by atoms with Crippen molar-refractivity contribution in [3.8, 4) is 0 Å². The van der Waals surface area contributed by atoms with E-state index < -0.39 is 11.0 Å². The zero-order valence-corrected chi connectivity index (χ0v) is 9.42. The molecule has 1 aromatic carbocycles. The molecule has 0 aliphatic rings. The lowest BCUT2D eigenvalue weighted by Gasteiger charge is -2.07. The van der Waals surface area contributed by atoms with Crippen molar-refractivity contribution in [3.05, 3.63) is 51.0 Å². The van der Waals surface area contributed by atoms with E-state index in [4.69, 9.17) is 0 Å². The fourth-order valence-electron chi connectivity index (χ4n) is 1.13. The standard InChI is InChI=1S/C10H10BrNO3/c11-7-1-2-10(13)8-3-5-9(6-4-8)12(14)15/h1,3-7,10,13H,2H2/b7-1-/t10-/m0/s1. The number of nitro groups is 1. The molecule has 0 saturated carbocycles. The molecule has 1 N–H and O–H groups in total. The van der Waals surface area contributed by atoms with Gasteiger partial charge in [-0.1, -0.05) is 22.0 Å². The maximum Gasteiger partial charge on any atom is 0.269 e. The van der Waals surface area contributed by atoms with Crippen molar-refractivity contribution in [2.24, 2.45) is 0 Å². The summed E-state index contributed by atoms with van der Waals surface area (Å²) in [5, 5.41) is 20.0. The molecule has 0 bridgehead atoms. The summed E-state index contributed by atoms with van der Waals surface area (Å²) in [5.41, 5.74) is 0.702. The molecule has 0 amide bonds. The highest BCUT2D eigenvalue weighted by Gasteiger charge is 2.08. The molecule has 1 rings (SSSR count). The van der Waals surface area contributed by atoms with Gasteiger partial charge in [0.1, 0.15) is 0 Å². The molecule has 1 atom stereocenters. The van der Waals surface area contributed by atoms with Gasteiger partial charge < -0.3 is 5.11 Å². The lowest BCUT2D eigenvalue weighted by Crippen LogP contribution is -1.96. The second kappa shape index (κ2) is 5.63. The molecule has 0 saturated heterocycles. The molecule has 0 aliphatic carbocycles. The van der Waals surface area contributed by atoms with Crippen LogP contribution in [0.5, 0.6) is 0 Å². The summed E-state index contributed by atoms with van der Waals surface area (Å²) < 4.78 is 0. The Morgan fingerprint density at radius 1 is 1.47 bits per heavy atom. The van der Waals surface area contributed by atoms with E-state index in [-0.39, 0.29) is 5.69 Å². The van der Waals surface area contributed by atoms with Crippen LogP contribution in [0.4, 0.5) is 5.69 Å². The number of nitro benzene ring substituents is 1. The van der Waals surface area contributed by atoms with E-state index in [2.05, 4.69) is 15.9 Å².